The van der Waals surface area contributed by atoms with Crippen LogP contribution in [0, 0.1) is 11.3 Å². The number of nitrogens with zero attached hydrogens (tertiary/aromatic N) is 3. The molecule has 0 aliphatic heterocycles. The summed E-state index contributed by atoms with van der Waals surface area (Å²) in [5, 5.41) is 0. The van der Waals surface area contributed by atoms with Gasteiger partial charge in [0.25, 0.3) is 0 Å². The fraction of sp³-hybridized carbons (Fsp3) is 0.149. The minimum absolute atomic E-state index is 0.0116. The smallest absolute Gasteiger partial charge is 0.160 e. The van der Waals surface area contributed by atoms with Gasteiger partial charge in [0.2, 0.25) is 0 Å². The van der Waals surface area contributed by atoms with Crippen molar-refractivity contribution in [2.75, 3.05) is 0 Å². The first kappa shape index (κ1) is 31.8. The molecule has 0 saturated heterocycles. The Hall–Kier alpha value is -5.16. The van der Waals surface area contributed by atoms with E-state index >= 15 is 0 Å². The second-order valence-corrected chi connectivity index (χ2v) is 15.3. The zero-order chi connectivity index (χ0) is 34.5. The van der Waals surface area contributed by atoms with Crippen molar-refractivity contribution in [3.05, 3.63) is 197 Å². The number of pyridine rings is 1. The fourth-order valence-electron chi connectivity index (χ4n) is 8.33. The van der Waals surface area contributed by atoms with E-state index in [9.17, 15) is 0 Å². The van der Waals surface area contributed by atoms with Gasteiger partial charge in [-0.05, 0) is 75.7 Å². The van der Waals surface area contributed by atoms with E-state index in [4.69, 9.17) is 15.0 Å². The van der Waals surface area contributed by atoms with Gasteiger partial charge in [0.05, 0.1) is 17.1 Å². The first-order valence-electron chi connectivity index (χ1n) is 17.7. The Morgan fingerprint density at radius 1 is 0.686 bits per heavy atom. The van der Waals surface area contributed by atoms with Gasteiger partial charge in [0.1, 0.15) is 0 Å². The molecule has 246 valence electrons. The van der Waals surface area contributed by atoms with Crippen LogP contribution in [0.5, 0.6) is 0 Å². The Balaban J connectivity index is 1.04. The van der Waals surface area contributed by atoms with E-state index in [1.165, 1.54) is 33.4 Å². The Kier molecular flexibility index (Phi) is 8.02. The van der Waals surface area contributed by atoms with Gasteiger partial charge < -0.3 is 0 Å². The van der Waals surface area contributed by atoms with Gasteiger partial charge in [-0.3, -0.25) is 4.98 Å². The monoisotopic (exact) mass is 769 g/mol. The van der Waals surface area contributed by atoms with Gasteiger partial charge in [-0.15, -0.1) is 5.73 Å². The molecule has 3 nitrogen and oxygen atoms in total. The third-order valence-corrected chi connectivity index (χ3v) is 12.1. The maximum Gasteiger partial charge on any atom is 0.160 e. The lowest BCUT2D eigenvalue weighted by Gasteiger charge is -2.46. The average molecular weight is 770 g/mol. The maximum absolute atomic E-state index is 5.17. The molecule has 1 aromatic heterocycles. The number of halogens is 1. The minimum Gasteiger partial charge on any atom is -0.256 e. The Morgan fingerprint density at radius 2 is 1.35 bits per heavy atom. The van der Waals surface area contributed by atoms with E-state index < -0.39 is 0 Å². The highest BCUT2D eigenvalue weighted by molar-refractivity contribution is 14.1. The van der Waals surface area contributed by atoms with Crippen LogP contribution in [-0.4, -0.2) is 16.5 Å². The molecule has 0 amide bonds. The minimum atomic E-state index is 0.0116. The van der Waals surface area contributed by atoms with Crippen molar-refractivity contribution in [1.82, 2.24) is 4.98 Å². The van der Waals surface area contributed by atoms with E-state index in [0.29, 0.717) is 21.6 Å². The molecule has 2 unspecified atom stereocenters. The number of rotatable bonds is 6. The van der Waals surface area contributed by atoms with Crippen LogP contribution in [0.1, 0.15) is 63.0 Å². The van der Waals surface area contributed by atoms with E-state index in [0.717, 1.165) is 33.8 Å². The lowest BCUT2D eigenvalue weighted by molar-refractivity contribution is 0.345. The van der Waals surface area contributed by atoms with Crippen molar-refractivity contribution in [3.8, 4) is 22.4 Å². The molecule has 51 heavy (non-hydrogen) atoms. The number of fused-ring (bicyclic) bond motifs is 5. The summed E-state index contributed by atoms with van der Waals surface area (Å²) >= 11 is 2.70. The van der Waals surface area contributed by atoms with Crippen molar-refractivity contribution in [2.24, 2.45) is 21.3 Å². The van der Waals surface area contributed by atoms with Gasteiger partial charge in [-0.2, -0.15) is 0 Å². The highest BCUT2D eigenvalue weighted by atomic mass is 127. The van der Waals surface area contributed by atoms with Crippen LogP contribution >= 0.6 is 22.6 Å². The number of hydrogen-bond donors (Lipinski definition) is 0. The van der Waals surface area contributed by atoms with Crippen molar-refractivity contribution >= 4 is 39.8 Å². The number of hydrogen-bond acceptors (Lipinski definition) is 2. The van der Waals surface area contributed by atoms with Gasteiger partial charge in [-0.25, -0.2) is 9.98 Å². The van der Waals surface area contributed by atoms with Gasteiger partial charge >= 0.3 is 0 Å². The molecule has 5 aromatic carbocycles. The molecule has 0 radical (unpaired) electrons. The summed E-state index contributed by atoms with van der Waals surface area (Å²) in [5.74, 6) is 1.62. The van der Waals surface area contributed by atoms with Gasteiger partial charge in [-0.1, -0.05) is 152 Å². The lowest BCUT2D eigenvalue weighted by atomic mass is 9.58. The van der Waals surface area contributed by atoms with E-state index in [1.54, 1.807) is 0 Å². The Morgan fingerprint density at radius 3 is 2.02 bits per heavy atom. The van der Waals surface area contributed by atoms with Gasteiger partial charge in [0.15, 0.2) is 5.84 Å². The molecule has 1 heterocycles. The van der Waals surface area contributed by atoms with E-state index in [1.807, 2.05) is 54.7 Å². The van der Waals surface area contributed by atoms with E-state index in [2.05, 4.69) is 145 Å². The number of aromatic nitrogens is 1. The van der Waals surface area contributed by atoms with Gasteiger partial charge in [0, 0.05) is 44.1 Å². The molecule has 2 bridgehead atoms. The predicted octanol–water partition coefficient (Wildman–Crippen LogP) is 12.1. The molecule has 0 N–H and O–H groups in total. The number of benzene rings is 5. The second-order valence-electron chi connectivity index (χ2n) is 14.0. The van der Waals surface area contributed by atoms with Crippen molar-refractivity contribution in [2.45, 2.75) is 29.6 Å². The molecular weight excluding hydrogens is 733 g/mol. The summed E-state index contributed by atoms with van der Waals surface area (Å²) in [4.78, 5) is 15.1. The zero-order valence-corrected chi connectivity index (χ0v) is 30.7. The summed E-state index contributed by atoms with van der Waals surface area (Å²) < 4.78 is 0.390. The van der Waals surface area contributed by atoms with Crippen molar-refractivity contribution < 1.29 is 0 Å². The third-order valence-electron chi connectivity index (χ3n) is 10.7. The summed E-state index contributed by atoms with van der Waals surface area (Å²) in [5.41, 5.74) is 17.7. The fourth-order valence-corrected chi connectivity index (χ4v) is 9.89. The second kappa shape index (κ2) is 12.9. The van der Waals surface area contributed by atoms with Crippen LogP contribution in [0.4, 0.5) is 5.69 Å². The topological polar surface area (TPSA) is 37.6 Å². The number of aliphatic imine (C=N–C) groups is 2. The van der Waals surface area contributed by atoms with Crippen LogP contribution in [-0.2, 0) is 0 Å². The van der Waals surface area contributed by atoms with Crippen LogP contribution < -0.4 is 0 Å². The molecule has 3 atom stereocenters. The zero-order valence-electron chi connectivity index (χ0n) is 28.5. The molecule has 3 aliphatic carbocycles. The summed E-state index contributed by atoms with van der Waals surface area (Å²) in [6.07, 6.45) is 6.65. The normalized spacial score (nSPS) is 19.6. The Bertz CT molecular complexity index is 2380. The first-order chi connectivity index (χ1) is 25.0. The number of allylic oxidation sites excluding steroid dienone is 1. The molecule has 3 aliphatic rings. The molecule has 4 heteroatoms. The predicted molar refractivity (Wildman–Crippen MR) is 218 cm³/mol. The number of para-hydroxylation sites is 1. The SMILES string of the molecule is CC(C)C(=NC(=Nc1ccccc1)c1ccccc1)c1ccc(-c2ccc(-c3cccc4c3C3c5ccccc5[C@H](C4I)C34C=C=C4)cc2)nc1. The highest BCUT2D eigenvalue weighted by Crippen LogP contribution is 2.71. The standard InChI is InChI=1S/C47H36IN3/c1-30(2)45(51-46(33-13-5-3-6-14-33)50-35-15-7-4-8-16-35)34-25-26-40(49-29-34)32-23-21-31(22-24-32)36-19-11-20-39-41(36)42-37-17-9-10-18-38(37)43(44(39)48)47(42)27-12-28-47/h3-11,13-30,42-44H,1-2H3/t42?,43-,44?/m1/s1. The number of alkyl halides is 1. The van der Waals surface area contributed by atoms with Crippen LogP contribution in [0.3, 0.4) is 0 Å². The van der Waals surface area contributed by atoms with Crippen LogP contribution in [0.25, 0.3) is 22.4 Å². The van der Waals surface area contributed by atoms with Crippen molar-refractivity contribution in [1.29, 1.82) is 0 Å². The Labute approximate surface area is 313 Å². The summed E-state index contributed by atoms with van der Waals surface area (Å²) in [6.45, 7) is 4.34. The largest absolute Gasteiger partial charge is 0.256 e. The van der Waals surface area contributed by atoms with Crippen LogP contribution in [0.15, 0.2) is 174 Å². The molecule has 9 rings (SSSR count). The summed E-state index contributed by atoms with van der Waals surface area (Å²) in [6, 6.07) is 49.4. The van der Waals surface area contributed by atoms with Crippen molar-refractivity contribution in [3.63, 3.8) is 0 Å². The number of amidine groups is 1. The first-order valence-corrected chi connectivity index (χ1v) is 18.9. The molecular formula is C47H36IN3. The molecule has 1 spiro atoms. The average Bonchev–Trinajstić information content (AvgIpc) is 3.43. The third kappa shape index (κ3) is 5.37. The maximum atomic E-state index is 5.17. The van der Waals surface area contributed by atoms with E-state index in [-0.39, 0.29) is 11.3 Å². The molecule has 0 saturated carbocycles. The quantitative estimate of drug-likeness (QED) is 0.0546. The lowest BCUT2D eigenvalue weighted by Crippen LogP contribution is -2.35. The molecule has 0 fully saturated rings. The van der Waals surface area contributed by atoms with Crippen LogP contribution in [0.2, 0.25) is 0 Å². The summed E-state index contributed by atoms with van der Waals surface area (Å²) in [7, 11) is 0. The highest BCUT2D eigenvalue weighted by Gasteiger charge is 2.59. The molecule has 6 aromatic rings.